The third-order valence-corrected chi connectivity index (χ3v) is 3.22. The highest BCUT2D eigenvalue weighted by molar-refractivity contribution is 6.42. The van der Waals surface area contributed by atoms with E-state index in [0.29, 0.717) is 10.0 Å². The lowest BCUT2D eigenvalue weighted by Crippen LogP contribution is -2.19. The van der Waals surface area contributed by atoms with E-state index in [9.17, 15) is 0 Å². The average Bonchev–Trinajstić information content (AvgIpc) is 2.48. The maximum Gasteiger partial charge on any atom is 0.0613 e. The zero-order chi connectivity index (χ0) is 9.42. The maximum atomic E-state index is 5.96. The van der Waals surface area contributed by atoms with Crippen molar-refractivity contribution in [2.45, 2.75) is 13.3 Å². The smallest absolute Gasteiger partial charge is 0.0613 e. The normalized spacial score (nSPS) is 14.8. The number of halogens is 2. The summed E-state index contributed by atoms with van der Waals surface area (Å²) < 4.78 is 0. The molecule has 13 heavy (non-hydrogen) atoms. The number of nitrogens with zero attached hydrogens (tertiary/aromatic N) is 1. The summed E-state index contributed by atoms with van der Waals surface area (Å²) in [5.41, 5.74) is 2.56. The maximum absolute atomic E-state index is 5.96. The fourth-order valence-electron chi connectivity index (χ4n) is 1.78. The summed E-state index contributed by atoms with van der Waals surface area (Å²) in [6.45, 7) is 4.27. The second-order valence-electron chi connectivity index (χ2n) is 3.22. The van der Waals surface area contributed by atoms with E-state index in [4.69, 9.17) is 23.2 Å². The Kier molecular flexibility index (Phi) is 2.39. The van der Waals surface area contributed by atoms with E-state index in [1.807, 2.05) is 12.1 Å². The number of rotatable bonds is 1. The molecule has 0 N–H and O–H groups in total. The molecule has 70 valence electrons. The van der Waals surface area contributed by atoms with Crippen LogP contribution in [0.15, 0.2) is 12.1 Å². The number of likely N-dealkylation sites (N-methyl/N-ethyl adjacent to an activating group) is 1. The molecule has 1 aliphatic rings. The van der Waals surface area contributed by atoms with Crippen molar-refractivity contribution in [3.05, 3.63) is 27.7 Å². The second-order valence-corrected chi connectivity index (χ2v) is 4.04. The van der Waals surface area contributed by atoms with Crippen molar-refractivity contribution in [1.29, 1.82) is 0 Å². The highest BCUT2D eigenvalue weighted by Gasteiger charge is 2.18. The van der Waals surface area contributed by atoms with Gasteiger partial charge in [0.05, 0.1) is 10.0 Å². The van der Waals surface area contributed by atoms with Gasteiger partial charge in [-0.05, 0) is 31.0 Å². The number of hydrogen-bond acceptors (Lipinski definition) is 1. The molecule has 0 amide bonds. The lowest BCUT2D eigenvalue weighted by Gasteiger charge is -2.16. The second kappa shape index (κ2) is 3.39. The number of fused-ring (bicyclic) bond motifs is 1. The summed E-state index contributed by atoms with van der Waals surface area (Å²) in [4.78, 5) is 2.32. The molecule has 0 aromatic heterocycles. The Balaban J connectivity index is 2.47. The lowest BCUT2D eigenvalue weighted by atomic mass is 10.2. The summed E-state index contributed by atoms with van der Waals surface area (Å²) in [7, 11) is 0. The van der Waals surface area contributed by atoms with E-state index < -0.39 is 0 Å². The van der Waals surface area contributed by atoms with Crippen LogP contribution >= 0.6 is 23.2 Å². The van der Waals surface area contributed by atoms with Crippen molar-refractivity contribution in [1.82, 2.24) is 0 Å². The van der Waals surface area contributed by atoms with Gasteiger partial charge in [0.2, 0.25) is 0 Å². The minimum absolute atomic E-state index is 0.653. The van der Waals surface area contributed by atoms with Crippen molar-refractivity contribution in [3.8, 4) is 0 Å². The van der Waals surface area contributed by atoms with Gasteiger partial charge in [0.1, 0.15) is 0 Å². The topological polar surface area (TPSA) is 3.24 Å². The van der Waals surface area contributed by atoms with Crippen LogP contribution in [0, 0.1) is 0 Å². The third-order valence-electron chi connectivity index (χ3n) is 2.50. The Morgan fingerprint density at radius 2 is 2.00 bits per heavy atom. The predicted molar refractivity (Wildman–Crippen MR) is 58.1 cm³/mol. The SMILES string of the molecule is CCN1CCc2cc(Cl)c(Cl)cc21. The Labute approximate surface area is 88.3 Å². The lowest BCUT2D eigenvalue weighted by molar-refractivity contribution is 0.868. The number of anilines is 1. The van der Waals surface area contributed by atoms with Gasteiger partial charge in [-0.25, -0.2) is 0 Å². The van der Waals surface area contributed by atoms with E-state index in [0.717, 1.165) is 19.5 Å². The van der Waals surface area contributed by atoms with Crippen molar-refractivity contribution >= 4 is 28.9 Å². The summed E-state index contributed by atoms with van der Waals surface area (Å²) in [6.07, 6.45) is 1.08. The molecule has 2 rings (SSSR count). The fourth-order valence-corrected chi connectivity index (χ4v) is 2.12. The van der Waals surface area contributed by atoms with Crippen LogP contribution in [-0.2, 0) is 6.42 Å². The molecule has 0 fully saturated rings. The summed E-state index contributed by atoms with van der Waals surface area (Å²) in [5, 5.41) is 1.32. The zero-order valence-corrected chi connectivity index (χ0v) is 8.99. The van der Waals surface area contributed by atoms with Crippen LogP contribution in [0.25, 0.3) is 0 Å². The Bertz CT molecular complexity index is 336. The van der Waals surface area contributed by atoms with Gasteiger partial charge >= 0.3 is 0 Å². The molecule has 1 nitrogen and oxygen atoms in total. The minimum Gasteiger partial charge on any atom is -0.371 e. The van der Waals surface area contributed by atoms with Crippen molar-refractivity contribution in [2.24, 2.45) is 0 Å². The molecule has 0 aliphatic carbocycles. The zero-order valence-electron chi connectivity index (χ0n) is 7.48. The van der Waals surface area contributed by atoms with E-state index in [1.165, 1.54) is 11.3 Å². The van der Waals surface area contributed by atoms with Gasteiger partial charge in [-0.15, -0.1) is 0 Å². The average molecular weight is 216 g/mol. The Morgan fingerprint density at radius 3 is 2.69 bits per heavy atom. The summed E-state index contributed by atoms with van der Waals surface area (Å²) in [5.74, 6) is 0. The van der Waals surface area contributed by atoms with Gasteiger partial charge in [-0.2, -0.15) is 0 Å². The van der Waals surface area contributed by atoms with Crippen LogP contribution in [0.4, 0.5) is 5.69 Å². The predicted octanol–water partition coefficient (Wildman–Crippen LogP) is 3.38. The third kappa shape index (κ3) is 1.51. The molecule has 1 aliphatic heterocycles. The quantitative estimate of drug-likeness (QED) is 0.695. The van der Waals surface area contributed by atoms with Gasteiger partial charge in [0, 0.05) is 18.8 Å². The molecule has 0 atom stereocenters. The van der Waals surface area contributed by atoms with Gasteiger partial charge in [0.15, 0.2) is 0 Å². The number of benzene rings is 1. The number of hydrogen-bond donors (Lipinski definition) is 0. The van der Waals surface area contributed by atoms with Crippen molar-refractivity contribution in [2.75, 3.05) is 18.0 Å². The van der Waals surface area contributed by atoms with Crippen molar-refractivity contribution < 1.29 is 0 Å². The monoisotopic (exact) mass is 215 g/mol. The van der Waals surface area contributed by atoms with Gasteiger partial charge in [-0.3, -0.25) is 0 Å². The van der Waals surface area contributed by atoms with Crippen LogP contribution in [-0.4, -0.2) is 13.1 Å². The highest BCUT2D eigenvalue weighted by Crippen LogP contribution is 2.34. The highest BCUT2D eigenvalue weighted by atomic mass is 35.5. The molecule has 0 unspecified atom stereocenters. The van der Waals surface area contributed by atoms with Gasteiger partial charge in [-0.1, -0.05) is 23.2 Å². The molecule has 1 aromatic carbocycles. The van der Waals surface area contributed by atoms with E-state index in [1.54, 1.807) is 0 Å². The van der Waals surface area contributed by atoms with Gasteiger partial charge < -0.3 is 4.90 Å². The molecule has 0 bridgehead atoms. The van der Waals surface area contributed by atoms with E-state index in [-0.39, 0.29) is 0 Å². The summed E-state index contributed by atoms with van der Waals surface area (Å²) in [6, 6.07) is 3.95. The molecule has 3 heteroatoms. The molecular formula is C10H11Cl2N. The Morgan fingerprint density at radius 1 is 1.31 bits per heavy atom. The van der Waals surface area contributed by atoms with Crippen LogP contribution in [0.2, 0.25) is 10.0 Å². The van der Waals surface area contributed by atoms with Crippen LogP contribution < -0.4 is 4.90 Å². The van der Waals surface area contributed by atoms with Crippen molar-refractivity contribution in [3.63, 3.8) is 0 Å². The van der Waals surface area contributed by atoms with Crippen LogP contribution in [0.5, 0.6) is 0 Å². The molecular weight excluding hydrogens is 205 g/mol. The first kappa shape index (κ1) is 9.17. The van der Waals surface area contributed by atoms with E-state index >= 15 is 0 Å². The van der Waals surface area contributed by atoms with Gasteiger partial charge in [0.25, 0.3) is 0 Å². The van der Waals surface area contributed by atoms with Crippen LogP contribution in [0.3, 0.4) is 0 Å². The molecule has 0 spiro atoms. The molecule has 1 heterocycles. The molecule has 1 aromatic rings. The fraction of sp³-hybridized carbons (Fsp3) is 0.400. The standard InChI is InChI=1S/C10H11Cl2N/c1-2-13-4-3-7-5-8(11)9(12)6-10(7)13/h5-6H,2-4H2,1H3. The van der Waals surface area contributed by atoms with E-state index in [2.05, 4.69) is 11.8 Å². The first-order valence-corrected chi connectivity index (χ1v) is 5.21. The first-order valence-electron chi connectivity index (χ1n) is 4.45. The summed E-state index contributed by atoms with van der Waals surface area (Å²) >= 11 is 11.9. The largest absolute Gasteiger partial charge is 0.371 e. The minimum atomic E-state index is 0.653. The molecule has 0 saturated carbocycles. The Hall–Kier alpha value is -0.400. The molecule has 0 saturated heterocycles. The molecule has 0 radical (unpaired) electrons. The van der Waals surface area contributed by atoms with Crippen LogP contribution in [0.1, 0.15) is 12.5 Å². The first-order chi connectivity index (χ1) is 6.22.